The molecule has 4 heteroatoms. The summed E-state index contributed by atoms with van der Waals surface area (Å²) in [6, 6.07) is 2.71. The van der Waals surface area contributed by atoms with Crippen LogP contribution >= 0.6 is 0 Å². The van der Waals surface area contributed by atoms with Gasteiger partial charge in [0.15, 0.2) is 8.32 Å². The molecule has 1 unspecified atom stereocenters. The Balaban J connectivity index is 1.39. The van der Waals surface area contributed by atoms with Gasteiger partial charge in [0.1, 0.15) is 0 Å². The third-order valence-corrected chi connectivity index (χ3v) is 16.4. The third-order valence-electron chi connectivity index (χ3n) is 11.9. The van der Waals surface area contributed by atoms with E-state index < -0.39 is 8.32 Å². The van der Waals surface area contributed by atoms with Gasteiger partial charge in [-0.1, -0.05) is 34.6 Å². The second kappa shape index (κ2) is 8.07. The molecule has 5 aliphatic carbocycles. The van der Waals surface area contributed by atoms with Crippen molar-refractivity contribution in [3.05, 3.63) is 0 Å². The molecule has 0 spiro atoms. The van der Waals surface area contributed by atoms with Crippen LogP contribution < -0.4 is 0 Å². The minimum absolute atomic E-state index is 0.239. The molecule has 186 valence electrons. The molecule has 0 radical (unpaired) electrons. The summed E-state index contributed by atoms with van der Waals surface area (Å²) in [6.45, 7) is 17.0. The highest BCUT2D eigenvalue weighted by atomic mass is 28.4. The highest BCUT2D eigenvalue weighted by Gasteiger charge is 2.62. The van der Waals surface area contributed by atoms with E-state index in [1.165, 1.54) is 57.8 Å². The molecule has 0 aliphatic heterocycles. The Kier molecular flexibility index (Phi) is 5.95. The maximum Gasteiger partial charge on any atom is 0.192 e. The van der Waals surface area contributed by atoms with E-state index in [4.69, 9.17) is 9.16 Å². The average Bonchev–Trinajstić information content (AvgIpc) is 3.46. The monoisotopic (exact) mass is 471 g/mol. The van der Waals surface area contributed by atoms with Crippen LogP contribution in [0.15, 0.2) is 0 Å². The number of fused-ring (bicyclic) bond motifs is 5. The Morgan fingerprint density at radius 2 is 1.58 bits per heavy atom. The van der Waals surface area contributed by atoms with Crippen LogP contribution in [-0.4, -0.2) is 26.6 Å². The molecule has 9 atom stereocenters. The highest BCUT2D eigenvalue weighted by molar-refractivity contribution is 6.74. The van der Waals surface area contributed by atoms with E-state index in [9.17, 15) is 5.26 Å². The zero-order chi connectivity index (χ0) is 23.8. The van der Waals surface area contributed by atoms with E-state index in [-0.39, 0.29) is 28.6 Å². The summed E-state index contributed by atoms with van der Waals surface area (Å²) in [5.74, 6) is 3.45. The van der Waals surface area contributed by atoms with E-state index in [0.29, 0.717) is 11.5 Å². The lowest BCUT2D eigenvalue weighted by molar-refractivity contribution is -0.170. The first kappa shape index (κ1) is 24.3. The molecule has 0 amide bonds. The van der Waals surface area contributed by atoms with Crippen LogP contribution in [0.5, 0.6) is 0 Å². The minimum Gasteiger partial charge on any atom is -0.411 e. The van der Waals surface area contributed by atoms with Crippen molar-refractivity contribution in [2.45, 2.75) is 135 Å². The zero-order valence-corrected chi connectivity index (χ0v) is 23.5. The van der Waals surface area contributed by atoms with Gasteiger partial charge < -0.3 is 9.16 Å². The van der Waals surface area contributed by atoms with Crippen molar-refractivity contribution in [2.24, 2.45) is 40.4 Å². The van der Waals surface area contributed by atoms with Gasteiger partial charge in [0.25, 0.3) is 0 Å². The summed E-state index contributed by atoms with van der Waals surface area (Å²) in [7, 11) is -1.83. The second-order valence-electron chi connectivity index (χ2n) is 14.7. The molecule has 5 fully saturated rings. The molecule has 0 N–H and O–H groups in total. The zero-order valence-electron chi connectivity index (χ0n) is 22.5. The predicted molar refractivity (Wildman–Crippen MR) is 136 cm³/mol. The topological polar surface area (TPSA) is 42.2 Å². The smallest absolute Gasteiger partial charge is 0.192 e. The number of hydrogen-bond acceptors (Lipinski definition) is 3. The first-order valence-corrected chi connectivity index (χ1v) is 17.0. The molecule has 0 heterocycles. The molecule has 0 saturated heterocycles. The molecule has 3 nitrogen and oxygen atoms in total. The van der Waals surface area contributed by atoms with Crippen LogP contribution in [0.1, 0.15) is 98.8 Å². The Morgan fingerprint density at radius 1 is 0.879 bits per heavy atom. The van der Waals surface area contributed by atoms with Crippen molar-refractivity contribution in [3.63, 3.8) is 0 Å². The van der Waals surface area contributed by atoms with Crippen LogP contribution in [0.2, 0.25) is 18.1 Å². The summed E-state index contributed by atoms with van der Waals surface area (Å²) in [5, 5.41) is 10.1. The Bertz CT molecular complexity index is 794. The van der Waals surface area contributed by atoms with Gasteiger partial charge in [0.05, 0.1) is 30.3 Å². The maximum absolute atomic E-state index is 9.83. The van der Waals surface area contributed by atoms with Crippen molar-refractivity contribution in [1.82, 2.24) is 0 Å². The van der Waals surface area contributed by atoms with Crippen molar-refractivity contribution in [2.75, 3.05) is 0 Å². The van der Waals surface area contributed by atoms with Gasteiger partial charge in [-0.2, -0.15) is 5.26 Å². The van der Waals surface area contributed by atoms with Crippen LogP contribution in [0.3, 0.4) is 0 Å². The van der Waals surface area contributed by atoms with Crippen LogP contribution in [0, 0.1) is 51.8 Å². The van der Waals surface area contributed by atoms with Gasteiger partial charge in [0.2, 0.25) is 0 Å². The molecular weight excluding hydrogens is 422 g/mol. The summed E-state index contributed by atoms with van der Waals surface area (Å²) < 4.78 is 13.9. The maximum atomic E-state index is 9.83. The van der Waals surface area contributed by atoms with Gasteiger partial charge in [-0.05, 0) is 117 Å². The molecular formula is C29H49NO2Si. The summed E-state index contributed by atoms with van der Waals surface area (Å²) in [4.78, 5) is 0. The van der Waals surface area contributed by atoms with E-state index in [1.54, 1.807) is 0 Å². The molecule has 0 bridgehead atoms. The van der Waals surface area contributed by atoms with E-state index in [0.717, 1.165) is 30.1 Å². The molecule has 0 aromatic rings. The van der Waals surface area contributed by atoms with Gasteiger partial charge in [-0.3, -0.25) is 0 Å². The lowest BCUT2D eigenvalue weighted by Gasteiger charge is -2.62. The number of nitriles is 1. The van der Waals surface area contributed by atoms with Gasteiger partial charge >= 0.3 is 0 Å². The fourth-order valence-corrected chi connectivity index (χ4v) is 10.1. The van der Waals surface area contributed by atoms with Crippen molar-refractivity contribution in [3.8, 4) is 6.07 Å². The quantitative estimate of drug-likeness (QED) is 0.394. The van der Waals surface area contributed by atoms with Gasteiger partial charge in [0, 0.05) is 0 Å². The summed E-state index contributed by atoms with van der Waals surface area (Å²) in [6.07, 6.45) is 13.7. The molecule has 5 saturated carbocycles. The summed E-state index contributed by atoms with van der Waals surface area (Å²) >= 11 is 0. The largest absolute Gasteiger partial charge is 0.411 e. The van der Waals surface area contributed by atoms with Gasteiger partial charge in [-0.25, -0.2) is 0 Å². The average molecular weight is 472 g/mol. The lowest BCUT2D eigenvalue weighted by atomic mass is 9.44. The van der Waals surface area contributed by atoms with E-state index in [2.05, 4.69) is 53.8 Å². The first-order valence-electron chi connectivity index (χ1n) is 14.1. The number of ether oxygens (including phenoxy) is 1. The standard InChI is InChI=1S/C29H49NO2Si/c1-27(2,3)33(6,7)32-25-16-19-8-12-22-23-13-9-20(18-30)28(23,4)15-14-24(22)29(19,5)17-26(25)31-21-10-11-21/h19-26H,8-17H2,1-7H3/t19-,20+,22-,23-,24-,25?,26-,28+,29-/m0/s1. The van der Waals surface area contributed by atoms with Crippen molar-refractivity contribution < 1.29 is 9.16 Å². The third kappa shape index (κ3) is 3.97. The molecule has 0 aromatic heterocycles. The fourth-order valence-electron chi connectivity index (χ4n) is 8.72. The second-order valence-corrected chi connectivity index (χ2v) is 19.4. The van der Waals surface area contributed by atoms with Crippen LogP contribution in [-0.2, 0) is 9.16 Å². The van der Waals surface area contributed by atoms with Crippen molar-refractivity contribution >= 4 is 8.32 Å². The Morgan fingerprint density at radius 3 is 2.21 bits per heavy atom. The number of hydrogen-bond donors (Lipinski definition) is 0. The highest BCUT2D eigenvalue weighted by Crippen LogP contribution is 2.67. The minimum atomic E-state index is -1.83. The van der Waals surface area contributed by atoms with E-state index in [1.807, 2.05) is 0 Å². The normalized spacial score (nSPS) is 47.9. The van der Waals surface area contributed by atoms with Gasteiger partial charge in [-0.15, -0.1) is 0 Å². The lowest BCUT2D eigenvalue weighted by Crippen LogP contribution is -2.59. The predicted octanol–water partition coefficient (Wildman–Crippen LogP) is 7.72. The van der Waals surface area contributed by atoms with Crippen LogP contribution in [0.25, 0.3) is 0 Å². The molecule has 33 heavy (non-hydrogen) atoms. The SMILES string of the molecule is CC(C)(C)[Si](C)(C)OC1C[C@@H]2CC[C@@H]3[C@H](CC[C@]4(C)[C@@H](C#N)CC[C@@H]34)[C@@]2(C)C[C@@H]1OC1CC1. The number of nitrogens with zero attached hydrogens (tertiary/aromatic N) is 1. The Labute approximate surface area is 204 Å². The summed E-state index contributed by atoms with van der Waals surface area (Å²) in [5.41, 5.74) is 0.646. The number of rotatable bonds is 4. The van der Waals surface area contributed by atoms with Crippen LogP contribution in [0.4, 0.5) is 0 Å². The first-order chi connectivity index (χ1) is 15.4. The molecule has 5 aliphatic rings. The van der Waals surface area contributed by atoms with E-state index >= 15 is 0 Å². The fraction of sp³-hybridized carbons (Fsp3) is 0.966. The Hall–Kier alpha value is -0.373. The molecule has 0 aromatic carbocycles. The van der Waals surface area contributed by atoms with Crippen molar-refractivity contribution in [1.29, 1.82) is 5.26 Å². The molecule has 5 rings (SSSR count).